The molecule has 0 aromatic carbocycles. The molecule has 20 heavy (non-hydrogen) atoms. The molecule has 2 rings (SSSR count). The van der Waals surface area contributed by atoms with E-state index in [0.717, 1.165) is 0 Å². The Morgan fingerprint density at radius 3 is 2.55 bits per heavy atom. The van der Waals surface area contributed by atoms with Crippen LogP contribution in [0.2, 0.25) is 19.1 Å². The molecule has 0 atom stereocenters. The van der Waals surface area contributed by atoms with Crippen molar-refractivity contribution in [1.82, 2.24) is 0 Å². The third-order valence-electron chi connectivity index (χ3n) is 3.33. The average Bonchev–Trinajstić information content (AvgIpc) is 2.90. The maximum atomic E-state index is 6.39. The zero-order valence-corrected chi connectivity index (χ0v) is 17.8. The van der Waals surface area contributed by atoms with E-state index in [1.54, 1.807) is 8.85 Å². The predicted molar refractivity (Wildman–Crippen MR) is 80.0 cm³/mol. The molecule has 0 aromatic heterocycles. The number of hydrogen-bond donors (Lipinski definition) is 0. The molecule has 0 heterocycles. The van der Waals surface area contributed by atoms with Crippen LogP contribution in [-0.4, -0.2) is 7.38 Å². The molecule has 110 valence electrons. The minimum Gasteiger partial charge on any atom is -1.00 e. The average molecular weight is 427 g/mol. The summed E-state index contributed by atoms with van der Waals surface area (Å²) in [5, 5.41) is 0. The summed E-state index contributed by atoms with van der Waals surface area (Å²) in [7, 11) is -1.37. The molecule has 0 saturated carbocycles. The van der Waals surface area contributed by atoms with Crippen LogP contribution in [0.1, 0.15) is 25.7 Å². The maximum absolute atomic E-state index is 6.39. The first kappa shape index (κ1) is 20.9. The fraction of sp³-hybridized carbons (Fsp3) is 0.467. The normalized spacial score (nSPS) is 16.6. The Hall–Kier alpha value is 0.930. The van der Waals surface area contributed by atoms with E-state index in [1.807, 2.05) is 3.28 Å². The Balaban J connectivity index is 0.00000180. The van der Waals surface area contributed by atoms with E-state index in [-0.39, 0.29) is 24.8 Å². The number of halogens is 3. The first-order valence-electron chi connectivity index (χ1n) is 6.75. The van der Waals surface area contributed by atoms with Crippen molar-refractivity contribution in [1.29, 1.82) is 0 Å². The van der Waals surface area contributed by atoms with Gasteiger partial charge in [-0.2, -0.15) is 0 Å². The monoisotopic (exact) mass is 424 g/mol. The van der Waals surface area contributed by atoms with Crippen LogP contribution in [0.25, 0.3) is 0 Å². The van der Waals surface area contributed by atoms with Crippen molar-refractivity contribution in [2.75, 3.05) is 0 Å². The largest absolute Gasteiger partial charge is 1.00 e. The van der Waals surface area contributed by atoms with E-state index in [2.05, 4.69) is 43.5 Å². The van der Waals surface area contributed by atoms with Gasteiger partial charge in [-0.3, -0.25) is 0 Å². The second-order valence-electron chi connectivity index (χ2n) is 5.63. The zero-order valence-electron chi connectivity index (χ0n) is 12.1. The summed E-state index contributed by atoms with van der Waals surface area (Å²) in [4.78, 5) is 0. The summed E-state index contributed by atoms with van der Waals surface area (Å²) >= 11 is 5.94. The first-order chi connectivity index (χ1) is 8.54. The fourth-order valence-electron chi connectivity index (χ4n) is 2.35. The van der Waals surface area contributed by atoms with Crippen LogP contribution in [0.5, 0.6) is 0 Å². The molecule has 0 aromatic rings. The van der Waals surface area contributed by atoms with Crippen LogP contribution in [0.15, 0.2) is 42.5 Å². The van der Waals surface area contributed by atoms with Gasteiger partial charge in [0.1, 0.15) is 0 Å². The van der Waals surface area contributed by atoms with Crippen molar-refractivity contribution < 1.29 is 48.0 Å². The second kappa shape index (κ2) is 9.85. The molecule has 0 fully saturated rings. The van der Waals surface area contributed by atoms with Crippen molar-refractivity contribution in [3.63, 3.8) is 0 Å². The van der Waals surface area contributed by atoms with Crippen LogP contribution in [0.3, 0.4) is 0 Å². The van der Waals surface area contributed by atoms with Gasteiger partial charge < -0.3 is 24.8 Å². The summed E-state index contributed by atoms with van der Waals surface area (Å²) in [6.45, 7) is 4.50. The summed E-state index contributed by atoms with van der Waals surface area (Å²) in [6.07, 6.45) is 16.6. The smallest absolute Gasteiger partial charge is 1.00 e. The Bertz CT molecular complexity index is 431. The molecule has 0 spiro atoms. The molecule has 0 amide bonds. The molecule has 2 aliphatic rings. The van der Waals surface area contributed by atoms with Gasteiger partial charge in [0.05, 0.1) is 0 Å². The molecule has 0 radical (unpaired) electrons. The Morgan fingerprint density at radius 1 is 1.20 bits per heavy atom. The molecular formula is C15H21Cl3SiZr. The van der Waals surface area contributed by atoms with Crippen LogP contribution >= 0.6 is 11.1 Å². The molecule has 0 unspecified atom stereocenters. The van der Waals surface area contributed by atoms with Gasteiger partial charge in [0.25, 0.3) is 0 Å². The molecule has 0 bridgehead atoms. The number of allylic oxidation sites excluding steroid dienone is 8. The quantitative estimate of drug-likeness (QED) is 0.391. The summed E-state index contributed by atoms with van der Waals surface area (Å²) in [6, 6.07) is 1.24. The van der Waals surface area contributed by atoms with E-state index in [4.69, 9.17) is 11.1 Å². The second-order valence-corrected chi connectivity index (χ2v) is 16.3. The predicted octanol–water partition coefficient (Wildman–Crippen LogP) is -0.641. The Kier molecular flexibility index (Phi) is 10.3. The number of hydrogen-bond acceptors (Lipinski definition) is 0. The van der Waals surface area contributed by atoms with Gasteiger partial charge in [-0.25, -0.2) is 0 Å². The van der Waals surface area contributed by atoms with Crippen molar-refractivity contribution in [2.45, 2.75) is 44.8 Å². The van der Waals surface area contributed by atoms with Crippen molar-refractivity contribution in [3.8, 4) is 0 Å². The molecule has 0 aliphatic heterocycles. The van der Waals surface area contributed by atoms with Gasteiger partial charge in [0, 0.05) is 0 Å². The molecule has 2 aliphatic carbocycles. The standard InChI is InChI=1S/C10H16ClSi.C5H5.2ClH.Zr/c1-12(2,11)9-5-8-10-6-3-4-7-10;1-2-4-5-3-1;;;/h3,6H,4-5,8-9H2,1-2H3;1-3H,4H2;2*1H;/q;;;;+2/p-2. The van der Waals surface area contributed by atoms with Gasteiger partial charge in [0.15, 0.2) is 0 Å². The van der Waals surface area contributed by atoms with Gasteiger partial charge in [-0.05, 0) is 0 Å². The Labute approximate surface area is 152 Å². The minimum absolute atomic E-state index is 0. The molecule has 0 saturated heterocycles. The number of rotatable bonds is 6. The van der Waals surface area contributed by atoms with Crippen LogP contribution in [-0.2, 0) is 23.2 Å². The molecule has 5 heteroatoms. The van der Waals surface area contributed by atoms with E-state index in [9.17, 15) is 0 Å². The summed E-state index contributed by atoms with van der Waals surface area (Å²) in [5.41, 5.74) is 1.66. The molecule has 0 nitrogen and oxygen atoms in total. The molecule has 0 N–H and O–H groups in total. The SMILES string of the molecule is C[Si](C)(Cl)CCCC1=[C]([Zr+2][C]2=CC=CC2)CC=C1.[Cl-].[Cl-]. The zero-order chi connectivity index (χ0) is 13.0. The van der Waals surface area contributed by atoms with Crippen molar-refractivity contribution in [3.05, 3.63) is 42.5 Å². The van der Waals surface area contributed by atoms with Gasteiger partial charge in [-0.1, -0.05) is 0 Å². The fourth-order valence-corrected chi connectivity index (χ4v) is 7.15. The summed E-state index contributed by atoms with van der Waals surface area (Å²) in [5.74, 6) is 0. The Morgan fingerprint density at radius 2 is 1.95 bits per heavy atom. The van der Waals surface area contributed by atoms with E-state index in [0.29, 0.717) is 0 Å². The van der Waals surface area contributed by atoms with Crippen molar-refractivity contribution >= 4 is 18.5 Å². The van der Waals surface area contributed by atoms with E-state index in [1.165, 1.54) is 31.7 Å². The van der Waals surface area contributed by atoms with Crippen LogP contribution in [0, 0.1) is 0 Å². The maximum Gasteiger partial charge on any atom is -1.00 e. The molecular weight excluding hydrogens is 406 g/mol. The van der Waals surface area contributed by atoms with Crippen LogP contribution < -0.4 is 24.8 Å². The van der Waals surface area contributed by atoms with E-state index < -0.39 is 30.6 Å². The topological polar surface area (TPSA) is 0 Å². The minimum atomic E-state index is -1.37. The van der Waals surface area contributed by atoms with Gasteiger partial charge in [0.2, 0.25) is 0 Å². The van der Waals surface area contributed by atoms with Crippen molar-refractivity contribution in [2.24, 2.45) is 0 Å². The van der Waals surface area contributed by atoms with Gasteiger partial charge >= 0.3 is 129 Å². The first-order valence-corrected chi connectivity index (χ1v) is 13.4. The third-order valence-corrected chi connectivity index (χ3v) is 9.17. The van der Waals surface area contributed by atoms with Gasteiger partial charge in [-0.15, -0.1) is 0 Å². The third kappa shape index (κ3) is 7.27. The van der Waals surface area contributed by atoms with Crippen LogP contribution in [0.4, 0.5) is 0 Å². The summed E-state index contributed by atoms with van der Waals surface area (Å²) < 4.78 is 3.55. The van der Waals surface area contributed by atoms with E-state index >= 15 is 0 Å².